The number of rotatable bonds is 3. The second-order valence-corrected chi connectivity index (χ2v) is 4.88. The van der Waals surface area contributed by atoms with Gasteiger partial charge < -0.3 is 9.64 Å². The normalized spacial score (nSPS) is 17.7. The highest BCUT2D eigenvalue weighted by molar-refractivity contribution is 6.02. The molecule has 0 saturated heterocycles. The monoisotopic (exact) mass is 259 g/mol. The van der Waals surface area contributed by atoms with Crippen molar-refractivity contribution in [3.63, 3.8) is 0 Å². The fraction of sp³-hybridized carbons (Fsp3) is 0.333. The summed E-state index contributed by atoms with van der Waals surface area (Å²) in [7, 11) is 0. The first-order valence-corrected chi connectivity index (χ1v) is 6.17. The van der Waals surface area contributed by atoms with Crippen molar-refractivity contribution in [1.29, 1.82) is 0 Å². The molecule has 0 fully saturated rings. The molecule has 0 N–H and O–H groups in total. The van der Waals surface area contributed by atoms with Gasteiger partial charge in [-0.15, -0.1) is 0 Å². The number of fused-ring (bicyclic) bond motifs is 1. The highest BCUT2D eigenvalue weighted by Gasteiger charge is 2.31. The Morgan fingerprint density at radius 1 is 1.42 bits per heavy atom. The zero-order valence-corrected chi connectivity index (χ0v) is 11.4. The number of carbonyl (C=O) groups is 2. The maximum absolute atomic E-state index is 12.2. The van der Waals surface area contributed by atoms with Gasteiger partial charge in [-0.25, -0.2) is 0 Å². The molecule has 0 saturated carbocycles. The molecule has 1 aliphatic heterocycles. The van der Waals surface area contributed by atoms with Gasteiger partial charge in [0.05, 0.1) is 5.69 Å². The molecule has 4 heteroatoms. The van der Waals surface area contributed by atoms with Crippen LogP contribution in [0.4, 0.5) is 5.69 Å². The zero-order chi connectivity index (χ0) is 14.2. The van der Waals surface area contributed by atoms with E-state index in [0.29, 0.717) is 23.5 Å². The summed E-state index contributed by atoms with van der Waals surface area (Å²) in [4.78, 5) is 25.2. The largest absolute Gasteiger partial charge is 0.479 e. The number of hydrogen-bond acceptors (Lipinski definition) is 3. The SMILES string of the molecule is C=C(C)CN1C(=O)C(C)Oc2ccc(C(C)=O)cc21. The van der Waals surface area contributed by atoms with Gasteiger partial charge in [-0.1, -0.05) is 12.2 Å². The number of ether oxygens (including phenoxy) is 1. The van der Waals surface area contributed by atoms with Crippen molar-refractivity contribution in [1.82, 2.24) is 0 Å². The molecule has 1 unspecified atom stereocenters. The van der Waals surface area contributed by atoms with Gasteiger partial charge in [-0.05, 0) is 39.0 Å². The Kier molecular flexibility index (Phi) is 3.42. The number of ketones is 1. The first-order chi connectivity index (χ1) is 8.90. The van der Waals surface area contributed by atoms with E-state index in [1.165, 1.54) is 6.92 Å². The molecule has 1 aliphatic rings. The summed E-state index contributed by atoms with van der Waals surface area (Å²) in [5, 5.41) is 0. The van der Waals surface area contributed by atoms with Crippen LogP contribution in [-0.4, -0.2) is 24.3 Å². The maximum Gasteiger partial charge on any atom is 0.268 e. The van der Waals surface area contributed by atoms with E-state index in [-0.39, 0.29) is 11.7 Å². The highest BCUT2D eigenvalue weighted by Crippen LogP contribution is 2.35. The Labute approximate surface area is 112 Å². The fourth-order valence-electron chi connectivity index (χ4n) is 2.06. The van der Waals surface area contributed by atoms with Crippen LogP contribution in [0.5, 0.6) is 5.75 Å². The van der Waals surface area contributed by atoms with Gasteiger partial charge in [0.1, 0.15) is 5.75 Å². The van der Waals surface area contributed by atoms with E-state index in [1.807, 2.05) is 6.92 Å². The van der Waals surface area contributed by atoms with Crippen LogP contribution >= 0.6 is 0 Å². The van der Waals surface area contributed by atoms with Gasteiger partial charge in [0.15, 0.2) is 11.9 Å². The van der Waals surface area contributed by atoms with Crippen LogP contribution < -0.4 is 9.64 Å². The molecule has 1 heterocycles. The molecular formula is C15H17NO3. The van der Waals surface area contributed by atoms with E-state index in [2.05, 4.69) is 6.58 Å². The van der Waals surface area contributed by atoms with Crippen LogP contribution in [0.3, 0.4) is 0 Å². The molecule has 0 aliphatic carbocycles. The van der Waals surface area contributed by atoms with Gasteiger partial charge in [0, 0.05) is 12.1 Å². The summed E-state index contributed by atoms with van der Waals surface area (Å²) >= 11 is 0. The van der Waals surface area contributed by atoms with Gasteiger partial charge in [-0.2, -0.15) is 0 Å². The second kappa shape index (κ2) is 4.88. The molecule has 1 amide bonds. The molecule has 100 valence electrons. The average molecular weight is 259 g/mol. The third-order valence-corrected chi connectivity index (χ3v) is 3.00. The first-order valence-electron chi connectivity index (χ1n) is 6.17. The number of Topliss-reactive ketones (excluding diaryl/α,β-unsaturated/α-hetero) is 1. The van der Waals surface area contributed by atoms with Crippen molar-refractivity contribution >= 4 is 17.4 Å². The van der Waals surface area contributed by atoms with Crippen molar-refractivity contribution in [3.05, 3.63) is 35.9 Å². The van der Waals surface area contributed by atoms with E-state index in [0.717, 1.165) is 5.57 Å². The lowest BCUT2D eigenvalue weighted by Gasteiger charge is -2.33. The lowest BCUT2D eigenvalue weighted by molar-refractivity contribution is -0.125. The lowest BCUT2D eigenvalue weighted by atomic mass is 10.1. The van der Waals surface area contributed by atoms with Crippen LogP contribution in [0.2, 0.25) is 0 Å². The van der Waals surface area contributed by atoms with Crippen molar-refractivity contribution in [2.75, 3.05) is 11.4 Å². The maximum atomic E-state index is 12.2. The van der Waals surface area contributed by atoms with Gasteiger partial charge >= 0.3 is 0 Å². The fourth-order valence-corrected chi connectivity index (χ4v) is 2.06. The number of benzene rings is 1. The van der Waals surface area contributed by atoms with Gasteiger partial charge in [0.25, 0.3) is 5.91 Å². The zero-order valence-electron chi connectivity index (χ0n) is 11.4. The predicted molar refractivity (Wildman–Crippen MR) is 73.7 cm³/mol. The molecule has 1 aromatic rings. The molecule has 4 nitrogen and oxygen atoms in total. The molecule has 1 atom stereocenters. The molecule has 0 aromatic heterocycles. The Hall–Kier alpha value is -2.10. The standard InChI is InChI=1S/C15H17NO3/c1-9(2)8-16-13-7-12(10(3)17)5-6-14(13)19-11(4)15(16)18/h5-7,11H,1,8H2,2-4H3. The minimum atomic E-state index is -0.518. The molecular weight excluding hydrogens is 242 g/mol. The number of hydrogen-bond donors (Lipinski definition) is 0. The van der Waals surface area contributed by atoms with E-state index in [1.54, 1.807) is 30.0 Å². The molecule has 2 rings (SSSR count). The number of anilines is 1. The third kappa shape index (κ3) is 2.52. The molecule has 1 aromatic carbocycles. The summed E-state index contributed by atoms with van der Waals surface area (Å²) in [6, 6.07) is 5.15. The van der Waals surface area contributed by atoms with E-state index in [9.17, 15) is 9.59 Å². The van der Waals surface area contributed by atoms with E-state index >= 15 is 0 Å². The van der Waals surface area contributed by atoms with Crippen LogP contribution in [-0.2, 0) is 4.79 Å². The van der Waals surface area contributed by atoms with Crippen LogP contribution in [0.1, 0.15) is 31.1 Å². The van der Waals surface area contributed by atoms with Crippen LogP contribution in [0, 0.1) is 0 Å². The summed E-state index contributed by atoms with van der Waals surface area (Å²) in [6.45, 7) is 9.35. The first kappa shape index (κ1) is 13.3. The minimum Gasteiger partial charge on any atom is -0.479 e. The average Bonchev–Trinajstić information content (AvgIpc) is 2.34. The van der Waals surface area contributed by atoms with Crippen molar-refractivity contribution in [2.45, 2.75) is 26.9 Å². The van der Waals surface area contributed by atoms with Crippen molar-refractivity contribution in [3.8, 4) is 5.75 Å². The Morgan fingerprint density at radius 2 is 2.11 bits per heavy atom. The molecule has 0 spiro atoms. The Bertz CT molecular complexity index is 563. The quantitative estimate of drug-likeness (QED) is 0.619. The van der Waals surface area contributed by atoms with Crippen LogP contribution in [0.25, 0.3) is 0 Å². The number of amides is 1. The second-order valence-electron chi connectivity index (χ2n) is 4.88. The van der Waals surface area contributed by atoms with E-state index in [4.69, 9.17) is 4.74 Å². The van der Waals surface area contributed by atoms with Gasteiger partial charge in [0.2, 0.25) is 0 Å². The van der Waals surface area contributed by atoms with Crippen molar-refractivity contribution < 1.29 is 14.3 Å². The minimum absolute atomic E-state index is 0.0378. The molecule has 0 bridgehead atoms. The van der Waals surface area contributed by atoms with E-state index < -0.39 is 6.10 Å². The smallest absolute Gasteiger partial charge is 0.268 e. The Balaban J connectivity index is 2.50. The number of carbonyl (C=O) groups excluding carboxylic acids is 2. The highest BCUT2D eigenvalue weighted by atomic mass is 16.5. The molecule has 0 radical (unpaired) electrons. The predicted octanol–water partition coefficient (Wildman–Crippen LogP) is 2.58. The summed E-state index contributed by atoms with van der Waals surface area (Å²) < 4.78 is 5.56. The summed E-state index contributed by atoms with van der Waals surface area (Å²) in [5.74, 6) is 0.471. The molecule has 19 heavy (non-hydrogen) atoms. The van der Waals surface area contributed by atoms with Gasteiger partial charge in [-0.3, -0.25) is 9.59 Å². The van der Waals surface area contributed by atoms with Crippen molar-refractivity contribution in [2.24, 2.45) is 0 Å². The van der Waals surface area contributed by atoms with Crippen LogP contribution in [0.15, 0.2) is 30.4 Å². The summed E-state index contributed by atoms with van der Waals surface area (Å²) in [5.41, 5.74) is 2.08. The summed E-state index contributed by atoms with van der Waals surface area (Å²) in [6.07, 6.45) is -0.518. The number of nitrogens with zero attached hydrogens (tertiary/aromatic N) is 1. The third-order valence-electron chi connectivity index (χ3n) is 3.00. The topological polar surface area (TPSA) is 46.6 Å². The lowest BCUT2D eigenvalue weighted by Crippen LogP contribution is -2.45. The Morgan fingerprint density at radius 3 is 2.68 bits per heavy atom.